The van der Waals surface area contributed by atoms with Crippen LogP contribution in [0.5, 0.6) is 0 Å². The Balaban J connectivity index is 2.06. The fourth-order valence-electron chi connectivity index (χ4n) is 2.07. The van der Waals surface area contributed by atoms with Gasteiger partial charge in [0.25, 0.3) is 0 Å². The first-order valence-electron chi connectivity index (χ1n) is 6.12. The molecule has 2 N–H and O–H groups in total. The average Bonchev–Trinajstić information content (AvgIpc) is 2.86. The van der Waals surface area contributed by atoms with Gasteiger partial charge in [0.1, 0.15) is 0 Å². The summed E-state index contributed by atoms with van der Waals surface area (Å²) in [6.45, 7) is -0.110. The van der Waals surface area contributed by atoms with Gasteiger partial charge in [-0.15, -0.1) is 0 Å². The van der Waals surface area contributed by atoms with Gasteiger partial charge in [-0.3, -0.25) is 0 Å². The quantitative estimate of drug-likeness (QED) is 0.729. The molecular formula is C15H10ClF2NOS. The van der Waals surface area contributed by atoms with Crippen LogP contribution < -0.4 is 0 Å². The van der Waals surface area contributed by atoms with Gasteiger partial charge in [-0.1, -0.05) is 23.4 Å². The lowest BCUT2D eigenvalue weighted by Crippen LogP contribution is -1.84. The molecule has 1 aromatic heterocycles. The fraction of sp³-hybridized carbons (Fsp3) is 0.0667. The normalized spacial score (nSPS) is 11.2. The van der Waals surface area contributed by atoms with Crippen LogP contribution >= 0.6 is 23.4 Å². The lowest BCUT2D eigenvalue weighted by atomic mass is 10.2. The SMILES string of the molecule is OCc1cc2c(Sc3ccc(F)c(F)c3)cc(Cl)cc2[nH]1. The zero-order valence-electron chi connectivity index (χ0n) is 10.7. The molecule has 0 bridgehead atoms. The predicted molar refractivity (Wildman–Crippen MR) is 79.7 cm³/mol. The predicted octanol–water partition coefficient (Wildman–Crippen LogP) is 4.74. The van der Waals surface area contributed by atoms with Gasteiger partial charge in [0.05, 0.1) is 6.61 Å². The number of rotatable bonds is 3. The number of aromatic nitrogens is 1. The maximum absolute atomic E-state index is 13.3. The van der Waals surface area contributed by atoms with Crippen molar-refractivity contribution in [2.24, 2.45) is 0 Å². The molecule has 1 heterocycles. The van der Waals surface area contributed by atoms with Crippen molar-refractivity contribution >= 4 is 34.3 Å². The van der Waals surface area contributed by atoms with Gasteiger partial charge >= 0.3 is 0 Å². The van der Waals surface area contributed by atoms with Gasteiger partial charge < -0.3 is 10.1 Å². The third-order valence-corrected chi connectivity index (χ3v) is 4.28. The largest absolute Gasteiger partial charge is 0.390 e. The third kappa shape index (κ3) is 2.90. The summed E-state index contributed by atoms with van der Waals surface area (Å²) in [6, 6.07) is 9.07. The number of aliphatic hydroxyl groups excluding tert-OH is 1. The molecule has 0 unspecified atom stereocenters. The van der Waals surface area contributed by atoms with Crippen LogP contribution in [0.25, 0.3) is 10.9 Å². The van der Waals surface area contributed by atoms with Gasteiger partial charge in [-0.2, -0.15) is 0 Å². The summed E-state index contributed by atoms with van der Waals surface area (Å²) in [6.07, 6.45) is 0. The van der Waals surface area contributed by atoms with Crippen molar-refractivity contribution in [3.8, 4) is 0 Å². The molecule has 3 rings (SSSR count). The summed E-state index contributed by atoms with van der Waals surface area (Å²) in [5, 5.41) is 10.6. The van der Waals surface area contributed by atoms with Gasteiger partial charge in [0.15, 0.2) is 11.6 Å². The second kappa shape index (κ2) is 5.67. The number of benzene rings is 2. The molecule has 108 valence electrons. The number of halogens is 3. The van der Waals surface area contributed by atoms with Crippen LogP contribution in [0.15, 0.2) is 46.2 Å². The Kier molecular flexibility index (Phi) is 3.89. The molecule has 0 aliphatic rings. The third-order valence-electron chi connectivity index (χ3n) is 3.01. The van der Waals surface area contributed by atoms with Crippen molar-refractivity contribution < 1.29 is 13.9 Å². The second-order valence-electron chi connectivity index (χ2n) is 4.50. The van der Waals surface area contributed by atoms with E-state index in [0.29, 0.717) is 15.6 Å². The van der Waals surface area contributed by atoms with Gasteiger partial charge in [0, 0.05) is 31.4 Å². The number of nitrogens with one attached hydrogen (secondary N) is 1. The minimum atomic E-state index is -0.886. The molecule has 0 spiro atoms. The van der Waals surface area contributed by atoms with Crippen molar-refractivity contribution in [1.82, 2.24) is 4.98 Å². The van der Waals surface area contributed by atoms with E-state index in [2.05, 4.69) is 4.98 Å². The maximum atomic E-state index is 13.3. The maximum Gasteiger partial charge on any atom is 0.159 e. The first-order valence-corrected chi connectivity index (χ1v) is 7.31. The Morgan fingerprint density at radius 3 is 2.62 bits per heavy atom. The Labute approximate surface area is 128 Å². The number of aromatic amines is 1. The van der Waals surface area contributed by atoms with E-state index in [1.165, 1.54) is 17.8 Å². The highest BCUT2D eigenvalue weighted by molar-refractivity contribution is 7.99. The summed E-state index contributed by atoms with van der Waals surface area (Å²) in [4.78, 5) is 4.43. The molecule has 6 heteroatoms. The van der Waals surface area contributed by atoms with Crippen molar-refractivity contribution in [2.45, 2.75) is 16.4 Å². The highest BCUT2D eigenvalue weighted by Crippen LogP contribution is 2.36. The first-order chi connectivity index (χ1) is 10.1. The standard InChI is InChI=1S/C15H10ClF2NOS/c16-8-3-14-11(5-9(7-20)19-14)15(4-8)21-10-1-2-12(17)13(18)6-10/h1-6,19-20H,7H2. The van der Waals surface area contributed by atoms with Crippen molar-refractivity contribution in [3.63, 3.8) is 0 Å². The molecule has 2 aromatic carbocycles. The molecule has 3 aromatic rings. The van der Waals surface area contributed by atoms with Crippen molar-refractivity contribution in [2.75, 3.05) is 0 Å². The van der Waals surface area contributed by atoms with Gasteiger partial charge in [0.2, 0.25) is 0 Å². The summed E-state index contributed by atoms with van der Waals surface area (Å²) in [7, 11) is 0. The van der Waals surface area contributed by atoms with Crippen LogP contribution in [0.4, 0.5) is 8.78 Å². The molecule has 0 aliphatic heterocycles. The van der Waals surface area contributed by atoms with Crippen LogP contribution in [-0.4, -0.2) is 10.1 Å². The summed E-state index contributed by atoms with van der Waals surface area (Å²) >= 11 is 7.35. The lowest BCUT2D eigenvalue weighted by Gasteiger charge is -2.05. The summed E-state index contributed by atoms with van der Waals surface area (Å²) in [5.74, 6) is -1.76. The monoisotopic (exact) mass is 325 g/mol. The molecule has 2 nitrogen and oxygen atoms in total. The van der Waals surface area contributed by atoms with E-state index in [9.17, 15) is 13.9 Å². The second-order valence-corrected chi connectivity index (χ2v) is 6.05. The van der Waals surface area contributed by atoms with Crippen LogP contribution in [0.2, 0.25) is 5.02 Å². The molecule has 21 heavy (non-hydrogen) atoms. The number of aliphatic hydroxyl groups is 1. The Hall–Kier alpha value is -1.56. The molecule has 0 saturated carbocycles. The van der Waals surface area contributed by atoms with Crippen molar-refractivity contribution in [3.05, 3.63) is 58.7 Å². The van der Waals surface area contributed by atoms with E-state index < -0.39 is 11.6 Å². The first kappa shape index (κ1) is 14.4. The Morgan fingerprint density at radius 2 is 1.90 bits per heavy atom. The summed E-state index contributed by atoms with van der Waals surface area (Å²) < 4.78 is 26.2. The molecule has 0 saturated heterocycles. The molecule has 0 atom stereocenters. The topological polar surface area (TPSA) is 36.0 Å². The number of hydrogen-bond acceptors (Lipinski definition) is 2. The van der Waals surface area contributed by atoms with Crippen molar-refractivity contribution in [1.29, 1.82) is 0 Å². The number of fused-ring (bicyclic) bond motifs is 1. The van der Waals surface area contributed by atoms with Crippen LogP contribution in [0.3, 0.4) is 0 Å². The van der Waals surface area contributed by atoms with E-state index in [0.717, 1.165) is 27.9 Å². The molecule has 0 radical (unpaired) electrons. The summed E-state index contributed by atoms with van der Waals surface area (Å²) in [5.41, 5.74) is 1.45. The van der Waals surface area contributed by atoms with Gasteiger partial charge in [-0.05, 0) is 36.4 Å². The molecular weight excluding hydrogens is 316 g/mol. The zero-order valence-corrected chi connectivity index (χ0v) is 12.2. The highest BCUT2D eigenvalue weighted by Gasteiger charge is 2.10. The van der Waals surface area contributed by atoms with Crippen LogP contribution in [0, 0.1) is 11.6 Å². The van der Waals surface area contributed by atoms with Crippen LogP contribution in [0.1, 0.15) is 5.69 Å². The van der Waals surface area contributed by atoms with E-state index >= 15 is 0 Å². The molecule has 0 fully saturated rings. The lowest BCUT2D eigenvalue weighted by molar-refractivity contribution is 0.278. The highest BCUT2D eigenvalue weighted by atomic mass is 35.5. The zero-order chi connectivity index (χ0) is 15.0. The average molecular weight is 326 g/mol. The number of H-pyrrole nitrogens is 1. The number of hydrogen-bond donors (Lipinski definition) is 2. The van der Waals surface area contributed by atoms with E-state index in [1.54, 1.807) is 12.1 Å². The van der Waals surface area contributed by atoms with E-state index in [4.69, 9.17) is 11.6 Å². The molecule has 0 amide bonds. The minimum absolute atomic E-state index is 0.110. The Morgan fingerprint density at radius 1 is 1.10 bits per heavy atom. The van der Waals surface area contributed by atoms with Crippen LogP contribution in [-0.2, 0) is 6.61 Å². The Bertz CT molecular complexity index is 819. The minimum Gasteiger partial charge on any atom is -0.390 e. The fourth-order valence-corrected chi connectivity index (χ4v) is 3.37. The van der Waals surface area contributed by atoms with E-state index in [1.807, 2.05) is 6.07 Å². The molecule has 0 aliphatic carbocycles. The smallest absolute Gasteiger partial charge is 0.159 e. The van der Waals surface area contributed by atoms with Gasteiger partial charge in [-0.25, -0.2) is 8.78 Å². The van der Waals surface area contributed by atoms with E-state index in [-0.39, 0.29) is 6.61 Å².